The van der Waals surface area contributed by atoms with Crippen LogP contribution in [-0.4, -0.2) is 37.8 Å². The van der Waals surface area contributed by atoms with Crippen LogP contribution in [0.5, 0.6) is 5.75 Å². The van der Waals surface area contributed by atoms with Gasteiger partial charge in [-0.05, 0) is 54.1 Å². The van der Waals surface area contributed by atoms with E-state index in [4.69, 9.17) is 4.74 Å². The number of esters is 1. The smallest absolute Gasteiger partial charge is 0.315 e. The zero-order chi connectivity index (χ0) is 24.3. The van der Waals surface area contributed by atoms with Gasteiger partial charge < -0.3 is 20.1 Å². The van der Waals surface area contributed by atoms with Gasteiger partial charge in [0, 0.05) is 16.1 Å². The Hall–Kier alpha value is -4.04. The Labute approximate surface area is 202 Å². The van der Waals surface area contributed by atoms with Crippen molar-refractivity contribution in [1.82, 2.24) is 5.32 Å². The zero-order valence-electron chi connectivity index (χ0n) is 18.7. The van der Waals surface area contributed by atoms with Crippen molar-refractivity contribution in [1.29, 1.82) is 0 Å². The number of nitrogens with one attached hydrogen (secondary N) is 2. The summed E-state index contributed by atoms with van der Waals surface area (Å²) in [5.41, 5.74) is 1.69. The first-order valence-corrected chi connectivity index (χ1v) is 11.3. The molecular weight excluding hydrogens is 452 g/mol. The molecule has 0 heterocycles. The van der Waals surface area contributed by atoms with Crippen molar-refractivity contribution in [3.63, 3.8) is 0 Å². The highest BCUT2D eigenvalue weighted by Gasteiger charge is 2.15. The average Bonchev–Trinajstić information content (AvgIpc) is 2.87. The molecule has 0 fully saturated rings. The topological polar surface area (TPSA) is 93.7 Å². The van der Waals surface area contributed by atoms with Gasteiger partial charge in [0.2, 0.25) is 0 Å². The SMILES string of the molecule is COC(=O)CSc1cccc(NC(=O)/C(=C\c2cccc(OC)c2)NC(=O)c2ccccc2)c1. The Morgan fingerprint density at radius 1 is 0.912 bits per heavy atom. The second-order valence-corrected chi connectivity index (χ2v) is 8.05. The molecule has 0 saturated heterocycles. The summed E-state index contributed by atoms with van der Waals surface area (Å²) in [5.74, 6) is -0.471. The van der Waals surface area contributed by atoms with Crippen molar-refractivity contribution < 1.29 is 23.9 Å². The number of rotatable bonds is 9. The van der Waals surface area contributed by atoms with E-state index >= 15 is 0 Å². The normalized spacial score (nSPS) is 10.8. The largest absolute Gasteiger partial charge is 0.497 e. The fourth-order valence-corrected chi connectivity index (χ4v) is 3.69. The van der Waals surface area contributed by atoms with E-state index in [0.717, 1.165) is 4.90 Å². The summed E-state index contributed by atoms with van der Waals surface area (Å²) >= 11 is 1.29. The molecule has 0 radical (unpaired) electrons. The number of thioether (sulfide) groups is 1. The molecule has 0 saturated carbocycles. The molecule has 3 rings (SSSR count). The highest BCUT2D eigenvalue weighted by Crippen LogP contribution is 2.22. The lowest BCUT2D eigenvalue weighted by molar-refractivity contribution is -0.137. The third kappa shape index (κ3) is 7.25. The number of hydrogen-bond acceptors (Lipinski definition) is 6. The maximum Gasteiger partial charge on any atom is 0.315 e. The van der Waals surface area contributed by atoms with Crippen molar-refractivity contribution in [2.24, 2.45) is 0 Å². The van der Waals surface area contributed by atoms with Gasteiger partial charge in [-0.3, -0.25) is 14.4 Å². The van der Waals surface area contributed by atoms with Gasteiger partial charge in [-0.15, -0.1) is 11.8 Å². The van der Waals surface area contributed by atoms with E-state index in [1.807, 2.05) is 12.1 Å². The highest BCUT2D eigenvalue weighted by molar-refractivity contribution is 8.00. The molecule has 0 aliphatic heterocycles. The van der Waals surface area contributed by atoms with Gasteiger partial charge in [-0.2, -0.15) is 0 Å². The van der Waals surface area contributed by atoms with Gasteiger partial charge in [0.15, 0.2) is 0 Å². The van der Waals surface area contributed by atoms with Crippen LogP contribution in [0.3, 0.4) is 0 Å². The Bertz CT molecular complexity index is 1190. The predicted octanol–water partition coefficient (Wildman–Crippen LogP) is 4.37. The monoisotopic (exact) mass is 476 g/mol. The van der Waals surface area contributed by atoms with E-state index in [-0.39, 0.29) is 17.4 Å². The minimum atomic E-state index is -0.498. The van der Waals surface area contributed by atoms with E-state index in [2.05, 4.69) is 15.4 Å². The molecule has 2 amide bonds. The van der Waals surface area contributed by atoms with E-state index < -0.39 is 11.8 Å². The molecule has 174 valence electrons. The lowest BCUT2D eigenvalue weighted by Crippen LogP contribution is -2.30. The molecule has 0 atom stereocenters. The predicted molar refractivity (Wildman–Crippen MR) is 133 cm³/mol. The van der Waals surface area contributed by atoms with Gasteiger partial charge >= 0.3 is 5.97 Å². The van der Waals surface area contributed by atoms with Crippen LogP contribution in [0.15, 0.2) is 89.5 Å². The lowest BCUT2D eigenvalue weighted by atomic mass is 10.1. The number of amides is 2. The van der Waals surface area contributed by atoms with Crippen LogP contribution in [-0.2, 0) is 14.3 Å². The molecule has 0 aliphatic carbocycles. The molecular formula is C26H24N2O5S. The van der Waals surface area contributed by atoms with Gasteiger partial charge in [-0.1, -0.05) is 36.4 Å². The third-order valence-corrected chi connectivity index (χ3v) is 5.58. The summed E-state index contributed by atoms with van der Waals surface area (Å²) in [6, 6.07) is 22.8. The standard InChI is InChI=1S/C26H24N2O5S/c1-32-21-12-6-8-18(14-21)15-23(28-25(30)19-9-4-3-5-10-19)26(31)27-20-11-7-13-22(16-20)34-17-24(29)33-2/h3-16H,17H2,1-2H3,(H,27,31)(H,28,30)/b23-15+. The number of hydrogen-bond donors (Lipinski definition) is 2. The number of carbonyl (C=O) groups excluding carboxylic acids is 3. The van der Waals surface area contributed by atoms with Gasteiger partial charge in [0.25, 0.3) is 11.8 Å². The first-order valence-electron chi connectivity index (χ1n) is 10.3. The zero-order valence-corrected chi connectivity index (χ0v) is 19.6. The van der Waals surface area contributed by atoms with Crippen LogP contribution >= 0.6 is 11.8 Å². The van der Waals surface area contributed by atoms with E-state index in [9.17, 15) is 14.4 Å². The van der Waals surface area contributed by atoms with Crippen molar-refractivity contribution in [3.05, 3.63) is 95.7 Å². The van der Waals surface area contributed by atoms with Crippen LogP contribution in [0.25, 0.3) is 6.08 Å². The lowest BCUT2D eigenvalue weighted by Gasteiger charge is -2.12. The van der Waals surface area contributed by atoms with Crippen molar-refractivity contribution in [3.8, 4) is 5.75 Å². The van der Waals surface area contributed by atoms with Crippen molar-refractivity contribution in [2.45, 2.75) is 4.90 Å². The number of anilines is 1. The van der Waals surface area contributed by atoms with Crippen LogP contribution in [0.1, 0.15) is 15.9 Å². The second kappa shape index (κ2) is 12.3. The number of carbonyl (C=O) groups is 3. The summed E-state index contributed by atoms with van der Waals surface area (Å²) < 4.78 is 9.91. The number of ether oxygens (including phenoxy) is 2. The minimum Gasteiger partial charge on any atom is -0.497 e. The Balaban J connectivity index is 1.83. The van der Waals surface area contributed by atoms with Crippen molar-refractivity contribution in [2.75, 3.05) is 25.3 Å². The fourth-order valence-electron chi connectivity index (χ4n) is 2.90. The molecule has 7 nitrogen and oxygen atoms in total. The quantitative estimate of drug-likeness (QED) is 0.271. The Kier molecular flexibility index (Phi) is 8.88. The van der Waals surface area contributed by atoms with Crippen LogP contribution in [0, 0.1) is 0 Å². The van der Waals surface area contributed by atoms with Crippen LogP contribution < -0.4 is 15.4 Å². The first-order chi connectivity index (χ1) is 16.5. The van der Waals surface area contributed by atoms with Crippen LogP contribution in [0.2, 0.25) is 0 Å². The maximum atomic E-state index is 13.2. The second-order valence-electron chi connectivity index (χ2n) is 7.00. The summed E-state index contributed by atoms with van der Waals surface area (Å²) in [5, 5.41) is 5.51. The molecule has 0 unspecified atom stereocenters. The molecule has 0 aliphatic rings. The summed E-state index contributed by atoms with van der Waals surface area (Å²) in [4.78, 5) is 38.1. The van der Waals surface area contributed by atoms with E-state index in [1.54, 1.807) is 79.9 Å². The first kappa shape index (κ1) is 24.6. The summed E-state index contributed by atoms with van der Waals surface area (Å²) in [6.07, 6.45) is 1.58. The average molecular weight is 477 g/mol. The van der Waals surface area contributed by atoms with Gasteiger partial charge in [0.05, 0.1) is 20.0 Å². The molecule has 0 spiro atoms. The molecule has 2 N–H and O–H groups in total. The number of benzene rings is 3. The minimum absolute atomic E-state index is 0.0646. The van der Waals surface area contributed by atoms with Gasteiger partial charge in [-0.25, -0.2) is 0 Å². The Morgan fingerprint density at radius 3 is 2.41 bits per heavy atom. The number of methoxy groups -OCH3 is 2. The van der Waals surface area contributed by atoms with E-state index in [1.165, 1.54) is 18.9 Å². The summed E-state index contributed by atoms with van der Waals surface area (Å²) in [6.45, 7) is 0. The van der Waals surface area contributed by atoms with Crippen LogP contribution in [0.4, 0.5) is 5.69 Å². The molecule has 8 heteroatoms. The molecule has 3 aromatic rings. The van der Waals surface area contributed by atoms with Gasteiger partial charge in [0.1, 0.15) is 11.4 Å². The highest BCUT2D eigenvalue weighted by atomic mass is 32.2. The van der Waals surface area contributed by atoms with Crippen molar-refractivity contribution >= 4 is 41.3 Å². The van der Waals surface area contributed by atoms with E-state index in [0.29, 0.717) is 22.6 Å². The molecule has 34 heavy (non-hydrogen) atoms. The molecule has 3 aromatic carbocycles. The Morgan fingerprint density at radius 2 is 1.68 bits per heavy atom. The fraction of sp³-hybridized carbons (Fsp3) is 0.115. The molecule has 0 aromatic heterocycles. The molecule has 0 bridgehead atoms. The third-order valence-electron chi connectivity index (χ3n) is 4.61. The summed E-state index contributed by atoms with van der Waals surface area (Å²) in [7, 11) is 2.89. The maximum absolute atomic E-state index is 13.2.